The summed E-state index contributed by atoms with van der Waals surface area (Å²) in [5, 5.41) is 5.29. The maximum Gasteiger partial charge on any atom is 0.165 e. The monoisotopic (exact) mass is 347 g/mol. The summed E-state index contributed by atoms with van der Waals surface area (Å²) in [6.45, 7) is 4.01. The van der Waals surface area contributed by atoms with Crippen LogP contribution in [0.1, 0.15) is 22.5 Å². The molecule has 0 aliphatic carbocycles. The molecule has 0 saturated heterocycles. The second kappa shape index (κ2) is 6.34. The Morgan fingerprint density at radius 3 is 2.20 bits per heavy atom. The van der Waals surface area contributed by atoms with Crippen LogP contribution in [0.25, 0.3) is 16.8 Å². The summed E-state index contributed by atoms with van der Waals surface area (Å²) in [6, 6.07) is 20.5. The lowest BCUT2D eigenvalue weighted by Gasteiger charge is -2.10. The maximum atomic E-state index is 6.73. The smallest absolute Gasteiger partial charge is 0.165 e. The molecule has 0 amide bonds. The van der Waals surface area contributed by atoms with E-state index in [0.29, 0.717) is 5.15 Å². The number of benzene rings is 2. The second-order valence-corrected chi connectivity index (χ2v) is 6.55. The molecule has 2 heterocycles. The number of aromatic nitrogens is 3. The number of hydrogen-bond donors (Lipinski definition) is 0. The van der Waals surface area contributed by atoms with Crippen molar-refractivity contribution in [3.63, 3.8) is 0 Å². The van der Waals surface area contributed by atoms with Gasteiger partial charge in [-0.05, 0) is 25.0 Å². The van der Waals surface area contributed by atoms with Crippen molar-refractivity contribution >= 4 is 17.2 Å². The maximum absolute atomic E-state index is 6.73. The predicted molar refractivity (Wildman–Crippen MR) is 102 cm³/mol. The average Bonchev–Trinajstić information content (AvgIpc) is 2.96. The normalized spacial score (nSPS) is 11.2. The SMILES string of the molecule is Cc1nc2c(-c3ccccc3)c(C)nn2c(Cl)c1Cc1ccccc1. The Hall–Kier alpha value is -2.65. The van der Waals surface area contributed by atoms with Crippen LogP contribution in [0.4, 0.5) is 0 Å². The van der Waals surface area contributed by atoms with Crippen LogP contribution in [-0.4, -0.2) is 14.6 Å². The van der Waals surface area contributed by atoms with Crippen molar-refractivity contribution in [2.45, 2.75) is 20.3 Å². The quantitative estimate of drug-likeness (QED) is 0.473. The summed E-state index contributed by atoms with van der Waals surface area (Å²) in [6.07, 6.45) is 0.744. The summed E-state index contributed by atoms with van der Waals surface area (Å²) in [7, 11) is 0. The third kappa shape index (κ3) is 2.81. The molecule has 0 radical (unpaired) electrons. The van der Waals surface area contributed by atoms with Crippen LogP contribution in [0.2, 0.25) is 5.15 Å². The highest BCUT2D eigenvalue weighted by atomic mass is 35.5. The number of rotatable bonds is 3. The Morgan fingerprint density at radius 1 is 0.880 bits per heavy atom. The Bertz CT molecular complexity index is 1040. The van der Waals surface area contributed by atoms with Crippen molar-refractivity contribution in [3.05, 3.63) is 88.3 Å². The molecular weight excluding hydrogens is 330 g/mol. The molecular formula is C21H18ClN3. The Labute approximate surface area is 151 Å². The van der Waals surface area contributed by atoms with Crippen molar-refractivity contribution in [2.24, 2.45) is 0 Å². The van der Waals surface area contributed by atoms with Gasteiger partial charge in [-0.1, -0.05) is 72.3 Å². The van der Waals surface area contributed by atoms with Crippen molar-refractivity contribution in [3.8, 4) is 11.1 Å². The highest BCUT2D eigenvalue weighted by molar-refractivity contribution is 6.30. The third-order valence-corrected chi connectivity index (χ3v) is 4.86. The van der Waals surface area contributed by atoms with Crippen LogP contribution >= 0.6 is 11.6 Å². The van der Waals surface area contributed by atoms with Crippen LogP contribution in [0.3, 0.4) is 0 Å². The van der Waals surface area contributed by atoms with E-state index in [4.69, 9.17) is 16.6 Å². The molecule has 4 rings (SSSR count). The molecule has 0 saturated carbocycles. The van der Waals surface area contributed by atoms with Crippen LogP contribution in [0.5, 0.6) is 0 Å². The van der Waals surface area contributed by atoms with E-state index >= 15 is 0 Å². The summed E-state index contributed by atoms with van der Waals surface area (Å²) < 4.78 is 1.77. The molecule has 0 unspecified atom stereocenters. The molecule has 2 aromatic carbocycles. The fourth-order valence-corrected chi connectivity index (χ4v) is 3.52. The number of aryl methyl sites for hydroxylation is 2. The zero-order chi connectivity index (χ0) is 17.4. The molecule has 3 nitrogen and oxygen atoms in total. The van der Waals surface area contributed by atoms with Crippen LogP contribution in [0.15, 0.2) is 60.7 Å². The predicted octanol–water partition coefficient (Wildman–Crippen LogP) is 5.26. The molecule has 4 heteroatoms. The Balaban J connectivity index is 1.90. The number of hydrogen-bond acceptors (Lipinski definition) is 2. The van der Waals surface area contributed by atoms with Crippen LogP contribution < -0.4 is 0 Å². The number of fused-ring (bicyclic) bond motifs is 1. The summed E-state index contributed by atoms with van der Waals surface area (Å²) in [5.74, 6) is 0. The standard InChI is InChI=1S/C21H18ClN3/c1-14-18(13-16-9-5-3-6-10-16)20(22)25-21(23-14)19(15(2)24-25)17-11-7-4-8-12-17/h3-12H,13H2,1-2H3. The lowest BCUT2D eigenvalue weighted by Crippen LogP contribution is -2.03. The zero-order valence-corrected chi connectivity index (χ0v) is 15.0. The van der Waals surface area contributed by atoms with Gasteiger partial charge < -0.3 is 0 Å². The van der Waals surface area contributed by atoms with E-state index in [0.717, 1.165) is 40.1 Å². The first-order chi connectivity index (χ1) is 12.1. The molecule has 0 bridgehead atoms. The first-order valence-corrected chi connectivity index (χ1v) is 8.66. The first kappa shape index (κ1) is 15.9. The largest absolute Gasteiger partial charge is 0.233 e. The summed E-state index contributed by atoms with van der Waals surface area (Å²) in [4.78, 5) is 4.85. The molecule has 0 spiro atoms. The van der Waals surface area contributed by atoms with Crippen LogP contribution in [0, 0.1) is 13.8 Å². The second-order valence-electron chi connectivity index (χ2n) is 6.19. The van der Waals surface area contributed by atoms with Crippen molar-refractivity contribution < 1.29 is 0 Å². The van der Waals surface area contributed by atoms with E-state index in [1.54, 1.807) is 4.52 Å². The van der Waals surface area contributed by atoms with E-state index in [9.17, 15) is 0 Å². The molecule has 4 aromatic rings. The highest BCUT2D eigenvalue weighted by Gasteiger charge is 2.18. The molecule has 2 aromatic heterocycles. The van der Waals surface area contributed by atoms with Gasteiger partial charge in [0.25, 0.3) is 0 Å². The highest BCUT2D eigenvalue weighted by Crippen LogP contribution is 2.31. The van der Waals surface area contributed by atoms with E-state index < -0.39 is 0 Å². The summed E-state index contributed by atoms with van der Waals surface area (Å²) >= 11 is 6.73. The Morgan fingerprint density at radius 2 is 1.52 bits per heavy atom. The Kier molecular flexibility index (Phi) is 4.02. The average molecular weight is 348 g/mol. The number of halogens is 1. The topological polar surface area (TPSA) is 30.2 Å². The van der Waals surface area contributed by atoms with Gasteiger partial charge in [0, 0.05) is 23.2 Å². The molecule has 25 heavy (non-hydrogen) atoms. The van der Waals surface area contributed by atoms with Gasteiger partial charge in [0.1, 0.15) is 5.15 Å². The van der Waals surface area contributed by atoms with Crippen molar-refractivity contribution in [1.82, 2.24) is 14.6 Å². The molecule has 124 valence electrons. The fraction of sp³-hybridized carbons (Fsp3) is 0.143. The van der Waals surface area contributed by atoms with Gasteiger partial charge in [0.15, 0.2) is 5.65 Å². The van der Waals surface area contributed by atoms with Crippen molar-refractivity contribution in [1.29, 1.82) is 0 Å². The van der Waals surface area contributed by atoms with Gasteiger partial charge >= 0.3 is 0 Å². The van der Waals surface area contributed by atoms with Crippen molar-refractivity contribution in [2.75, 3.05) is 0 Å². The zero-order valence-electron chi connectivity index (χ0n) is 14.2. The van der Waals surface area contributed by atoms with Gasteiger partial charge in [0.2, 0.25) is 0 Å². The van der Waals surface area contributed by atoms with E-state index in [2.05, 4.69) is 29.4 Å². The molecule has 0 atom stereocenters. The molecule has 0 aliphatic heterocycles. The minimum absolute atomic E-state index is 0.636. The number of nitrogens with zero attached hydrogens (tertiary/aromatic N) is 3. The molecule has 0 aliphatic rings. The van der Waals surface area contributed by atoms with Gasteiger partial charge in [-0.15, -0.1) is 0 Å². The molecule has 0 fully saturated rings. The van der Waals surface area contributed by atoms with Gasteiger partial charge in [-0.25, -0.2) is 9.50 Å². The lowest BCUT2D eigenvalue weighted by atomic mass is 10.0. The van der Waals surface area contributed by atoms with E-state index in [-0.39, 0.29) is 0 Å². The fourth-order valence-electron chi connectivity index (χ4n) is 3.20. The van der Waals surface area contributed by atoms with E-state index in [1.807, 2.05) is 50.2 Å². The molecule has 0 N–H and O–H groups in total. The lowest BCUT2D eigenvalue weighted by molar-refractivity contribution is 0.887. The van der Waals surface area contributed by atoms with Gasteiger partial charge in [-0.2, -0.15) is 5.10 Å². The summed E-state index contributed by atoms with van der Waals surface area (Å²) in [5.41, 5.74) is 7.05. The first-order valence-electron chi connectivity index (χ1n) is 8.29. The third-order valence-electron chi connectivity index (χ3n) is 4.47. The van der Waals surface area contributed by atoms with Gasteiger partial charge in [0.05, 0.1) is 5.69 Å². The van der Waals surface area contributed by atoms with Crippen LogP contribution in [-0.2, 0) is 6.42 Å². The minimum Gasteiger partial charge on any atom is -0.233 e. The van der Waals surface area contributed by atoms with E-state index in [1.165, 1.54) is 5.56 Å². The minimum atomic E-state index is 0.636. The van der Waals surface area contributed by atoms with Gasteiger partial charge in [-0.3, -0.25) is 0 Å².